The van der Waals surface area contributed by atoms with Gasteiger partial charge in [0.25, 0.3) is 0 Å². The molecule has 1 aromatic rings. The summed E-state index contributed by atoms with van der Waals surface area (Å²) in [6.07, 6.45) is 2.81. The first-order valence-electron chi connectivity index (χ1n) is 6.28. The number of nitrogens with zero attached hydrogens (tertiary/aromatic N) is 1. The van der Waals surface area contributed by atoms with E-state index in [2.05, 4.69) is 42.4 Å². The lowest BCUT2D eigenvalue weighted by atomic mass is 10.1. The minimum Gasteiger partial charge on any atom is -0.335 e. The highest BCUT2D eigenvalue weighted by Crippen LogP contribution is 2.41. The Morgan fingerprint density at radius 1 is 1.24 bits per heavy atom. The maximum absolute atomic E-state index is 4.59. The van der Waals surface area contributed by atoms with Crippen molar-refractivity contribution in [1.29, 1.82) is 0 Å². The number of nitrogens with one attached hydrogen (secondary N) is 1. The Hall–Kier alpha value is -0.960. The van der Waals surface area contributed by atoms with Crippen molar-refractivity contribution in [3.63, 3.8) is 0 Å². The van der Waals surface area contributed by atoms with E-state index in [-0.39, 0.29) is 0 Å². The monoisotopic (exact) mass is 246 g/mol. The third-order valence-corrected chi connectivity index (χ3v) is 4.87. The van der Waals surface area contributed by atoms with E-state index < -0.39 is 0 Å². The van der Waals surface area contributed by atoms with Gasteiger partial charge in [-0.3, -0.25) is 4.99 Å². The van der Waals surface area contributed by atoms with Crippen LogP contribution < -0.4 is 5.32 Å². The fourth-order valence-electron chi connectivity index (χ4n) is 2.12. The van der Waals surface area contributed by atoms with Crippen LogP contribution in [0.5, 0.6) is 0 Å². The highest BCUT2D eigenvalue weighted by atomic mass is 32.2. The van der Waals surface area contributed by atoms with Crippen molar-refractivity contribution in [3.05, 3.63) is 29.3 Å². The molecule has 1 unspecified atom stereocenters. The van der Waals surface area contributed by atoms with Gasteiger partial charge >= 0.3 is 0 Å². The van der Waals surface area contributed by atoms with Crippen LogP contribution in [0, 0.1) is 19.8 Å². The highest BCUT2D eigenvalue weighted by molar-refractivity contribution is 8.15. The summed E-state index contributed by atoms with van der Waals surface area (Å²) in [7, 11) is 0. The molecule has 0 bridgehead atoms. The minimum absolute atomic E-state index is 0.740. The van der Waals surface area contributed by atoms with E-state index in [0.717, 1.165) is 28.6 Å². The molecule has 1 saturated carbocycles. The molecule has 1 N–H and O–H groups in total. The Morgan fingerprint density at radius 2 is 2.06 bits per heavy atom. The topological polar surface area (TPSA) is 24.4 Å². The fourth-order valence-corrected chi connectivity index (χ4v) is 3.34. The summed E-state index contributed by atoms with van der Waals surface area (Å²) >= 11 is 1.93. The predicted octanol–water partition coefficient (Wildman–Crippen LogP) is 3.60. The first kappa shape index (κ1) is 11.1. The molecule has 1 aromatic carbocycles. The molecule has 0 saturated heterocycles. The molecule has 1 atom stereocenters. The van der Waals surface area contributed by atoms with Gasteiger partial charge in [0, 0.05) is 10.9 Å². The molecular weight excluding hydrogens is 228 g/mol. The number of aliphatic imine (C=N–C) groups is 1. The number of thioether (sulfide) groups is 1. The van der Waals surface area contributed by atoms with Crippen LogP contribution in [0.1, 0.15) is 24.0 Å². The van der Waals surface area contributed by atoms with Crippen molar-refractivity contribution in [2.24, 2.45) is 10.9 Å². The van der Waals surface area contributed by atoms with Gasteiger partial charge in [0.2, 0.25) is 0 Å². The van der Waals surface area contributed by atoms with Gasteiger partial charge in [0.05, 0.1) is 6.54 Å². The highest BCUT2D eigenvalue weighted by Gasteiger charge is 2.35. The second kappa shape index (κ2) is 4.37. The summed E-state index contributed by atoms with van der Waals surface area (Å²) in [6, 6.07) is 6.49. The standard InChI is InChI=1S/C14H18N2S/c1-9-3-6-12(7-10(9)2)16-14-15-8-13(17-14)11-4-5-11/h3,6-7,11,13H,4-5,8H2,1-2H3,(H,15,16). The van der Waals surface area contributed by atoms with Crippen LogP contribution in [0.15, 0.2) is 23.2 Å². The van der Waals surface area contributed by atoms with Crippen molar-refractivity contribution in [2.45, 2.75) is 31.9 Å². The minimum atomic E-state index is 0.740. The van der Waals surface area contributed by atoms with Gasteiger partial charge < -0.3 is 5.32 Å². The van der Waals surface area contributed by atoms with E-state index in [4.69, 9.17) is 0 Å². The Labute approximate surface area is 107 Å². The molecule has 1 aliphatic carbocycles. The summed E-state index contributed by atoms with van der Waals surface area (Å²) < 4.78 is 0. The van der Waals surface area contributed by atoms with Gasteiger partial charge in [-0.1, -0.05) is 17.8 Å². The lowest BCUT2D eigenvalue weighted by molar-refractivity contribution is 0.773. The molecule has 3 heteroatoms. The van der Waals surface area contributed by atoms with Crippen molar-refractivity contribution < 1.29 is 0 Å². The fraction of sp³-hybridized carbons (Fsp3) is 0.500. The number of aryl methyl sites for hydroxylation is 2. The van der Waals surface area contributed by atoms with Crippen molar-refractivity contribution >= 4 is 22.6 Å². The van der Waals surface area contributed by atoms with Crippen molar-refractivity contribution in [2.75, 3.05) is 11.9 Å². The molecule has 2 nitrogen and oxygen atoms in total. The molecule has 90 valence electrons. The van der Waals surface area contributed by atoms with Gasteiger partial charge in [-0.25, -0.2) is 0 Å². The van der Waals surface area contributed by atoms with Crippen LogP contribution in [0.3, 0.4) is 0 Å². The van der Waals surface area contributed by atoms with Gasteiger partial charge in [-0.05, 0) is 55.9 Å². The zero-order chi connectivity index (χ0) is 11.8. The second-order valence-corrected chi connectivity index (χ2v) is 6.29. The quantitative estimate of drug-likeness (QED) is 0.862. The summed E-state index contributed by atoms with van der Waals surface area (Å²) in [5.74, 6) is 0.933. The van der Waals surface area contributed by atoms with E-state index in [0.29, 0.717) is 0 Å². The largest absolute Gasteiger partial charge is 0.335 e. The number of hydrogen-bond donors (Lipinski definition) is 1. The smallest absolute Gasteiger partial charge is 0.161 e. The maximum atomic E-state index is 4.59. The average molecular weight is 246 g/mol. The van der Waals surface area contributed by atoms with E-state index in [1.807, 2.05) is 11.8 Å². The number of anilines is 1. The maximum Gasteiger partial charge on any atom is 0.161 e. The third kappa shape index (κ3) is 2.49. The Kier molecular flexibility index (Phi) is 2.87. The Morgan fingerprint density at radius 3 is 2.76 bits per heavy atom. The van der Waals surface area contributed by atoms with E-state index >= 15 is 0 Å². The number of rotatable bonds is 2. The van der Waals surface area contributed by atoms with Gasteiger partial charge in [0.15, 0.2) is 5.17 Å². The summed E-state index contributed by atoms with van der Waals surface area (Å²) in [5, 5.41) is 5.28. The molecule has 0 amide bonds. The molecule has 0 radical (unpaired) electrons. The summed E-state index contributed by atoms with van der Waals surface area (Å²) in [5.41, 5.74) is 3.83. The molecule has 2 aliphatic rings. The van der Waals surface area contributed by atoms with Crippen LogP contribution >= 0.6 is 11.8 Å². The lowest BCUT2D eigenvalue weighted by Crippen LogP contribution is -2.09. The van der Waals surface area contributed by atoms with Crippen LogP contribution in [-0.4, -0.2) is 17.0 Å². The van der Waals surface area contributed by atoms with Gasteiger partial charge in [-0.2, -0.15) is 0 Å². The van der Waals surface area contributed by atoms with E-state index in [1.54, 1.807) is 0 Å². The van der Waals surface area contributed by atoms with Crippen LogP contribution in [0.2, 0.25) is 0 Å². The molecule has 1 heterocycles. The summed E-state index contributed by atoms with van der Waals surface area (Å²) in [6.45, 7) is 5.30. The Bertz CT molecular complexity index is 463. The van der Waals surface area contributed by atoms with Crippen LogP contribution in [0.4, 0.5) is 5.69 Å². The molecule has 1 fully saturated rings. The van der Waals surface area contributed by atoms with Gasteiger partial charge in [-0.15, -0.1) is 0 Å². The zero-order valence-corrected chi connectivity index (χ0v) is 11.2. The van der Waals surface area contributed by atoms with E-state index in [1.165, 1.54) is 24.0 Å². The first-order valence-corrected chi connectivity index (χ1v) is 7.16. The third-order valence-electron chi connectivity index (χ3n) is 3.58. The van der Waals surface area contributed by atoms with Crippen LogP contribution in [-0.2, 0) is 0 Å². The van der Waals surface area contributed by atoms with Crippen molar-refractivity contribution in [3.8, 4) is 0 Å². The molecule has 17 heavy (non-hydrogen) atoms. The SMILES string of the molecule is Cc1ccc(NC2=NCC(C3CC3)S2)cc1C. The number of hydrogen-bond acceptors (Lipinski definition) is 3. The molecule has 0 aromatic heterocycles. The predicted molar refractivity (Wildman–Crippen MR) is 75.9 cm³/mol. The van der Waals surface area contributed by atoms with E-state index in [9.17, 15) is 0 Å². The average Bonchev–Trinajstić information content (AvgIpc) is 3.06. The molecule has 0 spiro atoms. The van der Waals surface area contributed by atoms with Crippen molar-refractivity contribution in [1.82, 2.24) is 0 Å². The molecule has 1 aliphatic heterocycles. The summed E-state index contributed by atoms with van der Waals surface area (Å²) in [4.78, 5) is 4.59. The molecule has 3 rings (SSSR count). The zero-order valence-electron chi connectivity index (χ0n) is 10.4. The lowest BCUT2D eigenvalue weighted by Gasteiger charge is -2.09. The Balaban J connectivity index is 1.64. The number of amidine groups is 1. The number of benzene rings is 1. The van der Waals surface area contributed by atoms with Gasteiger partial charge in [0.1, 0.15) is 0 Å². The first-order chi connectivity index (χ1) is 8.22. The molecular formula is C14H18N2S. The second-order valence-electron chi connectivity index (χ2n) is 5.06. The van der Waals surface area contributed by atoms with Crippen LogP contribution in [0.25, 0.3) is 0 Å². The normalized spacial score (nSPS) is 23.6.